The number of fused-ring (bicyclic) bond motifs is 1. The molecule has 0 fully saturated rings. The maximum Gasteiger partial charge on any atom is 0.341 e. The summed E-state index contributed by atoms with van der Waals surface area (Å²) in [4.78, 5) is 28.2. The number of carbonyl (C=O) groups excluding carboxylic acids is 1. The number of carboxylic acid groups (broad SMARTS) is 1. The number of ether oxygens (including phenoxy) is 2. The zero-order chi connectivity index (χ0) is 24.1. The van der Waals surface area contributed by atoms with E-state index in [0.717, 1.165) is 16.9 Å². The van der Waals surface area contributed by atoms with Crippen LogP contribution in [0.5, 0.6) is 11.5 Å². The Labute approximate surface area is 203 Å². The van der Waals surface area contributed by atoms with Crippen LogP contribution >= 0.6 is 11.6 Å². The molecule has 1 aliphatic heterocycles. The van der Waals surface area contributed by atoms with Gasteiger partial charge in [-0.3, -0.25) is 4.79 Å². The first-order valence-electron chi connectivity index (χ1n) is 10.9. The third-order valence-electron chi connectivity index (χ3n) is 5.53. The van der Waals surface area contributed by atoms with E-state index in [1.807, 2.05) is 37.3 Å². The molecule has 0 atom stereocenters. The van der Waals surface area contributed by atoms with Gasteiger partial charge in [-0.05, 0) is 55.5 Å². The first kappa shape index (κ1) is 23.4. The van der Waals surface area contributed by atoms with Gasteiger partial charge in [-0.1, -0.05) is 35.4 Å². The Balaban J connectivity index is 1.57. The number of hydrogen-bond acceptors (Lipinski definition) is 5. The molecule has 0 saturated carbocycles. The van der Waals surface area contributed by atoms with Crippen molar-refractivity contribution in [2.75, 3.05) is 42.6 Å². The number of rotatable bonds is 8. The number of para-hydroxylation sites is 1. The number of aliphatic carboxylic acids is 1. The van der Waals surface area contributed by atoms with E-state index < -0.39 is 12.6 Å². The van der Waals surface area contributed by atoms with Crippen LogP contribution in [0.3, 0.4) is 0 Å². The third kappa shape index (κ3) is 5.43. The van der Waals surface area contributed by atoms with E-state index in [-0.39, 0.29) is 5.91 Å². The van der Waals surface area contributed by atoms with Crippen LogP contribution in [0.2, 0.25) is 5.02 Å². The minimum atomic E-state index is -1.06. The summed E-state index contributed by atoms with van der Waals surface area (Å²) in [5, 5.41) is 9.52. The highest BCUT2D eigenvalue weighted by Crippen LogP contribution is 2.39. The Morgan fingerprint density at radius 2 is 1.82 bits per heavy atom. The summed E-state index contributed by atoms with van der Waals surface area (Å²) < 4.78 is 11.2. The van der Waals surface area contributed by atoms with E-state index in [1.54, 1.807) is 41.3 Å². The van der Waals surface area contributed by atoms with Crippen molar-refractivity contribution in [3.8, 4) is 11.5 Å². The average Bonchev–Trinajstić information content (AvgIpc) is 2.84. The van der Waals surface area contributed by atoms with E-state index >= 15 is 0 Å². The van der Waals surface area contributed by atoms with Crippen molar-refractivity contribution in [1.82, 2.24) is 0 Å². The summed E-state index contributed by atoms with van der Waals surface area (Å²) in [5.74, 6) is -0.273. The minimum Gasteiger partial charge on any atom is -0.486 e. The lowest BCUT2D eigenvalue weighted by atomic mass is 10.1. The molecule has 1 N–H and O–H groups in total. The van der Waals surface area contributed by atoms with Crippen LogP contribution in [0.4, 0.5) is 11.4 Å². The van der Waals surface area contributed by atoms with E-state index in [2.05, 4.69) is 4.90 Å². The fraction of sp³-hybridized carbons (Fsp3) is 0.231. The highest BCUT2D eigenvalue weighted by atomic mass is 35.5. The van der Waals surface area contributed by atoms with Crippen molar-refractivity contribution in [2.45, 2.75) is 6.92 Å². The second-order valence-electron chi connectivity index (χ2n) is 7.92. The van der Waals surface area contributed by atoms with Gasteiger partial charge in [0.2, 0.25) is 0 Å². The molecular formula is C26H25ClN2O5. The molecule has 8 heteroatoms. The molecule has 34 heavy (non-hydrogen) atoms. The normalized spacial score (nSPS) is 12.5. The summed E-state index contributed by atoms with van der Waals surface area (Å²) in [6.45, 7) is 3.60. The number of hydrogen-bond donors (Lipinski definition) is 1. The molecule has 0 aliphatic carbocycles. The second kappa shape index (κ2) is 10.5. The largest absolute Gasteiger partial charge is 0.486 e. The molecular weight excluding hydrogens is 456 g/mol. The molecule has 3 aromatic rings. The van der Waals surface area contributed by atoms with E-state index in [9.17, 15) is 9.59 Å². The fourth-order valence-electron chi connectivity index (χ4n) is 3.80. The predicted octanol–water partition coefficient (Wildman–Crippen LogP) is 4.66. The quantitative estimate of drug-likeness (QED) is 0.505. The third-order valence-corrected chi connectivity index (χ3v) is 5.79. The molecule has 1 amide bonds. The highest BCUT2D eigenvalue weighted by Gasteiger charge is 2.24. The van der Waals surface area contributed by atoms with Gasteiger partial charge in [0, 0.05) is 29.4 Å². The van der Waals surface area contributed by atoms with Crippen LogP contribution in [0, 0.1) is 6.92 Å². The van der Waals surface area contributed by atoms with Gasteiger partial charge in [0.05, 0.1) is 12.2 Å². The zero-order valence-electron chi connectivity index (χ0n) is 18.7. The van der Waals surface area contributed by atoms with Crippen molar-refractivity contribution in [2.24, 2.45) is 0 Å². The number of nitrogens with zero attached hydrogens (tertiary/aromatic N) is 2. The smallest absolute Gasteiger partial charge is 0.341 e. The van der Waals surface area contributed by atoms with Gasteiger partial charge in [-0.15, -0.1) is 0 Å². The fourth-order valence-corrected chi connectivity index (χ4v) is 3.93. The molecule has 0 saturated heterocycles. The standard InChI is InChI=1S/C26H25ClN2O5/c1-18-5-11-21(12-6-18)29(26(32)19-7-9-20(27)10-8-19)14-13-28-15-16-33-25-22(28)3-2-4-23(25)34-17-24(30)31/h2-12H,13-17H2,1H3,(H,30,31). The van der Waals surface area contributed by atoms with Crippen LogP contribution in [-0.2, 0) is 4.79 Å². The lowest BCUT2D eigenvalue weighted by molar-refractivity contribution is -0.139. The number of anilines is 2. The monoisotopic (exact) mass is 480 g/mol. The van der Waals surface area contributed by atoms with Crippen molar-refractivity contribution >= 4 is 34.9 Å². The predicted molar refractivity (Wildman–Crippen MR) is 132 cm³/mol. The second-order valence-corrected chi connectivity index (χ2v) is 8.36. The van der Waals surface area contributed by atoms with Gasteiger partial charge < -0.3 is 24.4 Å². The SMILES string of the molecule is Cc1ccc(N(CCN2CCOc3c(OCC(=O)O)cccc32)C(=O)c2ccc(Cl)cc2)cc1. The number of carbonyl (C=O) groups is 2. The maximum absolute atomic E-state index is 13.4. The molecule has 3 aromatic carbocycles. The highest BCUT2D eigenvalue weighted by molar-refractivity contribution is 6.30. The topological polar surface area (TPSA) is 79.3 Å². The summed E-state index contributed by atoms with van der Waals surface area (Å²) in [7, 11) is 0. The van der Waals surface area contributed by atoms with Gasteiger partial charge in [0.1, 0.15) is 6.61 Å². The number of carboxylic acids is 1. The molecule has 4 rings (SSSR count). The first-order valence-corrected chi connectivity index (χ1v) is 11.3. The Kier molecular flexibility index (Phi) is 7.23. The van der Waals surface area contributed by atoms with Crippen LogP contribution in [-0.4, -0.2) is 49.8 Å². The van der Waals surface area contributed by atoms with Gasteiger partial charge in [-0.2, -0.15) is 0 Å². The number of aryl methyl sites for hydroxylation is 1. The van der Waals surface area contributed by atoms with Crippen LogP contribution in [0.15, 0.2) is 66.7 Å². The lowest BCUT2D eigenvalue weighted by Gasteiger charge is -2.34. The van der Waals surface area contributed by atoms with Crippen molar-refractivity contribution in [3.63, 3.8) is 0 Å². The molecule has 0 unspecified atom stereocenters. The molecule has 1 heterocycles. The maximum atomic E-state index is 13.4. The Bertz CT molecular complexity index is 1160. The molecule has 0 aromatic heterocycles. The van der Waals surface area contributed by atoms with E-state index in [0.29, 0.717) is 48.3 Å². The number of benzene rings is 3. The van der Waals surface area contributed by atoms with Gasteiger partial charge >= 0.3 is 5.97 Å². The Morgan fingerprint density at radius 3 is 2.53 bits per heavy atom. The first-order chi connectivity index (χ1) is 16.4. The van der Waals surface area contributed by atoms with Crippen LogP contribution < -0.4 is 19.3 Å². The zero-order valence-corrected chi connectivity index (χ0v) is 19.5. The van der Waals surface area contributed by atoms with Gasteiger partial charge in [0.25, 0.3) is 5.91 Å². The molecule has 176 valence electrons. The van der Waals surface area contributed by atoms with Gasteiger partial charge in [-0.25, -0.2) is 4.79 Å². The Hall–Kier alpha value is -3.71. The number of halogens is 1. The van der Waals surface area contributed by atoms with E-state index in [4.69, 9.17) is 26.2 Å². The molecule has 1 aliphatic rings. The summed E-state index contributed by atoms with van der Waals surface area (Å²) >= 11 is 6.01. The minimum absolute atomic E-state index is 0.118. The summed E-state index contributed by atoms with van der Waals surface area (Å²) in [6, 6.07) is 20.1. The molecule has 0 spiro atoms. The molecule has 0 bridgehead atoms. The molecule has 7 nitrogen and oxygen atoms in total. The average molecular weight is 481 g/mol. The van der Waals surface area contributed by atoms with Crippen LogP contribution in [0.25, 0.3) is 0 Å². The summed E-state index contributed by atoms with van der Waals surface area (Å²) in [6.07, 6.45) is 0. The number of amides is 1. The summed E-state index contributed by atoms with van der Waals surface area (Å²) in [5.41, 5.74) is 3.27. The lowest BCUT2D eigenvalue weighted by Crippen LogP contribution is -2.41. The van der Waals surface area contributed by atoms with Crippen molar-refractivity contribution in [1.29, 1.82) is 0 Å². The van der Waals surface area contributed by atoms with Crippen molar-refractivity contribution in [3.05, 3.63) is 82.9 Å². The molecule has 0 radical (unpaired) electrons. The van der Waals surface area contributed by atoms with Crippen molar-refractivity contribution < 1.29 is 24.2 Å². The van der Waals surface area contributed by atoms with Gasteiger partial charge in [0.15, 0.2) is 18.1 Å². The van der Waals surface area contributed by atoms with Crippen LogP contribution in [0.1, 0.15) is 15.9 Å². The Morgan fingerprint density at radius 1 is 1.09 bits per heavy atom. The van der Waals surface area contributed by atoms with E-state index in [1.165, 1.54) is 0 Å².